The van der Waals surface area contributed by atoms with Crippen molar-refractivity contribution < 1.29 is 27.4 Å². The standard InChI is InChI=1S/C16H19F3N2O3/c1-12-20-13-5-2-3-6-14(13)21(12)8-4-9-24-15(22)7-10-23-11-16(17,18)19/h2-3,5-6H,4,7-11H2,1H3. The third-order valence-corrected chi connectivity index (χ3v) is 3.35. The van der Waals surface area contributed by atoms with Gasteiger partial charge in [-0.3, -0.25) is 4.79 Å². The zero-order valence-electron chi connectivity index (χ0n) is 13.3. The van der Waals surface area contributed by atoms with Gasteiger partial charge >= 0.3 is 12.1 Å². The van der Waals surface area contributed by atoms with E-state index in [1.807, 2.05) is 35.8 Å². The predicted molar refractivity (Wildman–Crippen MR) is 81.5 cm³/mol. The molecule has 24 heavy (non-hydrogen) atoms. The number of aromatic nitrogens is 2. The van der Waals surface area contributed by atoms with Crippen molar-refractivity contribution in [3.63, 3.8) is 0 Å². The number of halogens is 3. The number of carbonyl (C=O) groups is 1. The molecule has 8 heteroatoms. The fraction of sp³-hybridized carbons (Fsp3) is 0.500. The van der Waals surface area contributed by atoms with Gasteiger partial charge in [0.15, 0.2) is 0 Å². The molecule has 1 aromatic heterocycles. The highest BCUT2D eigenvalue weighted by atomic mass is 19.4. The first kappa shape index (κ1) is 18.3. The van der Waals surface area contributed by atoms with Gasteiger partial charge in [0.05, 0.1) is 30.7 Å². The second-order valence-corrected chi connectivity index (χ2v) is 5.29. The maximum absolute atomic E-state index is 11.9. The Morgan fingerprint density at radius 2 is 2.00 bits per heavy atom. The fourth-order valence-corrected chi connectivity index (χ4v) is 2.30. The van der Waals surface area contributed by atoms with Crippen LogP contribution >= 0.6 is 0 Å². The molecule has 0 N–H and O–H groups in total. The zero-order chi connectivity index (χ0) is 17.6. The van der Waals surface area contributed by atoms with Crippen molar-refractivity contribution in [2.45, 2.75) is 32.5 Å². The molecule has 0 aliphatic carbocycles. The molecule has 0 amide bonds. The summed E-state index contributed by atoms with van der Waals surface area (Å²) in [5.41, 5.74) is 1.93. The average Bonchev–Trinajstić information content (AvgIpc) is 2.83. The normalized spacial score (nSPS) is 11.8. The number of hydrogen-bond acceptors (Lipinski definition) is 4. The minimum absolute atomic E-state index is 0.191. The molecule has 0 bridgehead atoms. The highest BCUT2D eigenvalue weighted by molar-refractivity contribution is 5.75. The van der Waals surface area contributed by atoms with Crippen LogP contribution in [-0.4, -0.2) is 41.5 Å². The van der Waals surface area contributed by atoms with Gasteiger partial charge in [0.2, 0.25) is 0 Å². The van der Waals surface area contributed by atoms with Crippen LogP contribution in [0.5, 0.6) is 0 Å². The summed E-state index contributed by atoms with van der Waals surface area (Å²) in [7, 11) is 0. The summed E-state index contributed by atoms with van der Waals surface area (Å²) in [6, 6.07) is 7.75. The van der Waals surface area contributed by atoms with Crippen LogP contribution in [0.15, 0.2) is 24.3 Å². The molecule has 2 rings (SSSR count). The van der Waals surface area contributed by atoms with Crippen molar-refractivity contribution in [3.05, 3.63) is 30.1 Å². The second-order valence-electron chi connectivity index (χ2n) is 5.29. The lowest BCUT2D eigenvalue weighted by Crippen LogP contribution is -2.19. The van der Waals surface area contributed by atoms with Crippen LogP contribution in [0.25, 0.3) is 11.0 Å². The minimum Gasteiger partial charge on any atom is -0.466 e. The van der Waals surface area contributed by atoms with Gasteiger partial charge < -0.3 is 14.0 Å². The highest BCUT2D eigenvalue weighted by Crippen LogP contribution is 2.16. The van der Waals surface area contributed by atoms with E-state index in [9.17, 15) is 18.0 Å². The zero-order valence-corrected chi connectivity index (χ0v) is 13.3. The van der Waals surface area contributed by atoms with Crippen LogP contribution in [-0.2, 0) is 20.8 Å². The van der Waals surface area contributed by atoms with Crippen molar-refractivity contribution >= 4 is 17.0 Å². The lowest BCUT2D eigenvalue weighted by atomic mass is 10.3. The van der Waals surface area contributed by atoms with Crippen LogP contribution in [0, 0.1) is 6.92 Å². The molecular weight excluding hydrogens is 325 g/mol. The largest absolute Gasteiger partial charge is 0.466 e. The first-order valence-corrected chi connectivity index (χ1v) is 7.59. The molecule has 1 aromatic carbocycles. The summed E-state index contributed by atoms with van der Waals surface area (Å²) in [5, 5.41) is 0. The lowest BCUT2D eigenvalue weighted by Gasteiger charge is -2.09. The molecule has 0 unspecified atom stereocenters. The number of hydrogen-bond donors (Lipinski definition) is 0. The Hall–Kier alpha value is -2.09. The summed E-state index contributed by atoms with van der Waals surface area (Å²) in [4.78, 5) is 15.8. The van der Waals surface area contributed by atoms with Gasteiger partial charge in [0, 0.05) is 6.54 Å². The first-order chi connectivity index (χ1) is 11.4. The van der Waals surface area contributed by atoms with E-state index >= 15 is 0 Å². The number of rotatable bonds is 8. The van der Waals surface area contributed by atoms with Crippen LogP contribution in [0.1, 0.15) is 18.7 Å². The third-order valence-electron chi connectivity index (χ3n) is 3.35. The molecule has 1 heterocycles. The number of benzene rings is 1. The Morgan fingerprint density at radius 3 is 2.75 bits per heavy atom. The van der Waals surface area contributed by atoms with E-state index in [-0.39, 0.29) is 19.6 Å². The number of para-hydroxylation sites is 2. The van der Waals surface area contributed by atoms with Gasteiger partial charge in [-0.05, 0) is 25.5 Å². The Labute approximate surface area is 137 Å². The van der Waals surface area contributed by atoms with Gasteiger partial charge in [-0.25, -0.2) is 4.98 Å². The Bertz CT molecular complexity index is 683. The molecule has 0 radical (unpaired) electrons. The number of aryl methyl sites for hydroxylation is 2. The summed E-state index contributed by atoms with van der Waals surface area (Å²) < 4.78 is 47.0. The predicted octanol–water partition coefficient (Wildman–Crippen LogP) is 3.25. The SMILES string of the molecule is Cc1nc2ccccc2n1CCCOC(=O)CCOCC(F)(F)F. The summed E-state index contributed by atoms with van der Waals surface area (Å²) in [5.74, 6) is 0.312. The van der Waals surface area contributed by atoms with Crippen molar-refractivity contribution in [2.24, 2.45) is 0 Å². The van der Waals surface area contributed by atoms with Crippen LogP contribution in [0.3, 0.4) is 0 Å². The van der Waals surface area contributed by atoms with E-state index in [4.69, 9.17) is 4.74 Å². The number of alkyl halides is 3. The molecule has 0 fully saturated rings. The molecule has 0 saturated carbocycles. The molecule has 2 aromatic rings. The van der Waals surface area contributed by atoms with E-state index in [1.165, 1.54) is 0 Å². The van der Waals surface area contributed by atoms with E-state index in [0.29, 0.717) is 13.0 Å². The summed E-state index contributed by atoms with van der Waals surface area (Å²) in [6.07, 6.45) is -3.98. The number of ether oxygens (including phenoxy) is 2. The van der Waals surface area contributed by atoms with E-state index < -0.39 is 18.8 Å². The van der Waals surface area contributed by atoms with Crippen LogP contribution < -0.4 is 0 Å². The Balaban J connectivity index is 1.67. The minimum atomic E-state index is -4.38. The topological polar surface area (TPSA) is 53.4 Å². The lowest BCUT2D eigenvalue weighted by molar-refractivity contribution is -0.176. The first-order valence-electron chi connectivity index (χ1n) is 7.59. The quantitative estimate of drug-likeness (QED) is 0.545. The number of nitrogens with zero attached hydrogens (tertiary/aromatic N) is 2. The number of esters is 1. The number of carbonyl (C=O) groups excluding carboxylic acids is 1. The van der Waals surface area contributed by atoms with Gasteiger partial charge in [0.1, 0.15) is 12.4 Å². The molecule has 0 atom stereocenters. The molecule has 5 nitrogen and oxygen atoms in total. The number of fused-ring (bicyclic) bond motifs is 1. The van der Waals surface area contributed by atoms with Gasteiger partial charge in [-0.15, -0.1) is 0 Å². The maximum atomic E-state index is 11.9. The van der Waals surface area contributed by atoms with Gasteiger partial charge in [0.25, 0.3) is 0 Å². The molecule has 0 spiro atoms. The van der Waals surface area contributed by atoms with E-state index in [1.54, 1.807) is 0 Å². The van der Waals surface area contributed by atoms with Gasteiger partial charge in [-0.1, -0.05) is 12.1 Å². The molecular formula is C16H19F3N2O3. The second kappa shape index (κ2) is 8.14. The third kappa shape index (κ3) is 5.52. The highest BCUT2D eigenvalue weighted by Gasteiger charge is 2.27. The van der Waals surface area contributed by atoms with Crippen molar-refractivity contribution in [2.75, 3.05) is 19.8 Å². The van der Waals surface area contributed by atoms with Crippen LogP contribution in [0.4, 0.5) is 13.2 Å². The van der Waals surface area contributed by atoms with Crippen LogP contribution in [0.2, 0.25) is 0 Å². The molecule has 0 saturated heterocycles. The maximum Gasteiger partial charge on any atom is 0.411 e. The Morgan fingerprint density at radius 1 is 1.25 bits per heavy atom. The molecule has 0 aliphatic rings. The van der Waals surface area contributed by atoms with E-state index in [0.717, 1.165) is 16.9 Å². The fourth-order valence-electron chi connectivity index (χ4n) is 2.30. The molecule has 0 aliphatic heterocycles. The average molecular weight is 344 g/mol. The number of imidazole rings is 1. The monoisotopic (exact) mass is 344 g/mol. The van der Waals surface area contributed by atoms with Crippen molar-refractivity contribution in [1.29, 1.82) is 0 Å². The summed E-state index contributed by atoms with van der Waals surface area (Å²) in [6.45, 7) is 1.09. The van der Waals surface area contributed by atoms with E-state index in [2.05, 4.69) is 9.72 Å². The van der Waals surface area contributed by atoms with Crippen molar-refractivity contribution in [3.8, 4) is 0 Å². The van der Waals surface area contributed by atoms with Gasteiger partial charge in [-0.2, -0.15) is 13.2 Å². The van der Waals surface area contributed by atoms with Crippen molar-refractivity contribution in [1.82, 2.24) is 9.55 Å². The Kier molecular flexibility index (Phi) is 6.19. The summed E-state index contributed by atoms with van der Waals surface area (Å²) >= 11 is 0. The molecule has 132 valence electrons. The smallest absolute Gasteiger partial charge is 0.411 e.